The molecule has 4 heteroatoms. The molecule has 0 amide bonds. The number of nitrogens with zero attached hydrogens (tertiary/aromatic N) is 2. The fraction of sp³-hybridized carbons (Fsp3) is 0.583. The van der Waals surface area contributed by atoms with Crippen LogP contribution in [0.1, 0.15) is 20.3 Å². The highest BCUT2D eigenvalue weighted by atomic mass is 79.9. The lowest BCUT2D eigenvalue weighted by Crippen LogP contribution is -2.22. The number of hydrogen-bond donors (Lipinski definition) is 1. The number of nitrogens with two attached hydrogens (primary N) is 1. The Hall–Kier alpha value is -0.770. The van der Waals surface area contributed by atoms with Crippen molar-refractivity contribution in [2.75, 3.05) is 23.7 Å². The van der Waals surface area contributed by atoms with E-state index in [1.54, 1.807) is 6.20 Å². The summed E-state index contributed by atoms with van der Waals surface area (Å²) in [4.78, 5) is 6.44. The molecule has 1 aliphatic rings. The Balaban J connectivity index is 2.20. The lowest BCUT2D eigenvalue weighted by molar-refractivity contribution is 0.423. The Morgan fingerprint density at radius 2 is 2.25 bits per heavy atom. The minimum atomic E-state index is 0.742. The van der Waals surface area contributed by atoms with Gasteiger partial charge in [-0.2, -0.15) is 0 Å². The third-order valence-electron chi connectivity index (χ3n) is 3.38. The molecule has 1 saturated heterocycles. The van der Waals surface area contributed by atoms with E-state index in [2.05, 4.69) is 39.7 Å². The van der Waals surface area contributed by atoms with E-state index in [-0.39, 0.29) is 0 Å². The predicted octanol–water partition coefficient (Wildman–Crippen LogP) is 2.91. The highest BCUT2D eigenvalue weighted by molar-refractivity contribution is 9.10. The maximum absolute atomic E-state index is 5.99. The van der Waals surface area contributed by atoms with Crippen LogP contribution < -0.4 is 10.6 Å². The van der Waals surface area contributed by atoms with Crippen molar-refractivity contribution >= 4 is 27.3 Å². The second-order valence-corrected chi connectivity index (χ2v) is 5.65. The van der Waals surface area contributed by atoms with Gasteiger partial charge in [-0.05, 0) is 34.2 Å². The van der Waals surface area contributed by atoms with Crippen LogP contribution in [0.3, 0.4) is 0 Å². The molecule has 88 valence electrons. The van der Waals surface area contributed by atoms with Crippen LogP contribution >= 0.6 is 15.9 Å². The van der Waals surface area contributed by atoms with Crippen molar-refractivity contribution in [2.24, 2.45) is 11.8 Å². The smallest absolute Gasteiger partial charge is 0.0776 e. The van der Waals surface area contributed by atoms with Gasteiger partial charge in [0.15, 0.2) is 0 Å². The SMILES string of the molecule is CC(C)C1CCN(c2c(N)cncc2Br)C1. The van der Waals surface area contributed by atoms with Gasteiger partial charge in [0.05, 0.1) is 22.0 Å². The maximum Gasteiger partial charge on any atom is 0.0776 e. The van der Waals surface area contributed by atoms with Gasteiger partial charge < -0.3 is 10.6 Å². The van der Waals surface area contributed by atoms with Gasteiger partial charge in [0.25, 0.3) is 0 Å². The van der Waals surface area contributed by atoms with Crippen molar-refractivity contribution in [1.29, 1.82) is 0 Å². The molecule has 3 nitrogen and oxygen atoms in total. The first-order valence-corrected chi connectivity index (χ1v) is 6.52. The van der Waals surface area contributed by atoms with Crippen molar-refractivity contribution in [3.8, 4) is 0 Å². The predicted molar refractivity (Wildman–Crippen MR) is 71.5 cm³/mol. The zero-order valence-electron chi connectivity index (χ0n) is 9.78. The van der Waals surface area contributed by atoms with Crippen molar-refractivity contribution in [3.05, 3.63) is 16.9 Å². The lowest BCUT2D eigenvalue weighted by Gasteiger charge is -2.22. The maximum atomic E-state index is 5.99. The van der Waals surface area contributed by atoms with Crippen LogP contribution in [0.5, 0.6) is 0 Å². The molecule has 16 heavy (non-hydrogen) atoms. The summed E-state index contributed by atoms with van der Waals surface area (Å²) in [6, 6.07) is 0. The monoisotopic (exact) mass is 283 g/mol. The zero-order chi connectivity index (χ0) is 11.7. The molecular weight excluding hydrogens is 266 g/mol. The van der Waals surface area contributed by atoms with E-state index in [9.17, 15) is 0 Å². The molecule has 0 aliphatic carbocycles. The van der Waals surface area contributed by atoms with E-state index in [1.165, 1.54) is 6.42 Å². The van der Waals surface area contributed by atoms with E-state index < -0.39 is 0 Å². The first-order chi connectivity index (χ1) is 7.59. The average Bonchev–Trinajstić information content (AvgIpc) is 2.66. The van der Waals surface area contributed by atoms with E-state index in [0.29, 0.717) is 0 Å². The molecule has 1 aromatic heterocycles. The van der Waals surface area contributed by atoms with Gasteiger partial charge >= 0.3 is 0 Å². The minimum Gasteiger partial charge on any atom is -0.396 e. The number of rotatable bonds is 2. The molecule has 1 aromatic rings. The van der Waals surface area contributed by atoms with E-state index >= 15 is 0 Å². The van der Waals surface area contributed by atoms with Crippen molar-refractivity contribution in [3.63, 3.8) is 0 Å². The van der Waals surface area contributed by atoms with Crippen LogP contribution in [0.4, 0.5) is 11.4 Å². The Morgan fingerprint density at radius 1 is 1.50 bits per heavy atom. The quantitative estimate of drug-likeness (QED) is 0.908. The van der Waals surface area contributed by atoms with Gasteiger partial charge in [-0.15, -0.1) is 0 Å². The number of pyridine rings is 1. The Labute approximate surface area is 105 Å². The first-order valence-electron chi connectivity index (χ1n) is 5.73. The topological polar surface area (TPSA) is 42.1 Å². The zero-order valence-corrected chi connectivity index (χ0v) is 11.4. The molecule has 1 atom stereocenters. The average molecular weight is 284 g/mol. The van der Waals surface area contributed by atoms with Crippen LogP contribution in [0.15, 0.2) is 16.9 Å². The summed E-state index contributed by atoms with van der Waals surface area (Å²) in [6.45, 7) is 6.78. The first kappa shape index (κ1) is 11.7. The highest BCUT2D eigenvalue weighted by Gasteiger charge is 2.27. The van der Waals surface area contributed by atoms with Crippen molar-refractivity contribution < 1.29 is 0 Å². The van der Waals surface area contributed by atoms with Crippen LogP contribution in [-0.2, 0) is 0 Å². The van der Waals surface area contributed by atoms with Crippen molar-refractivity contribution in [1.82, 2.24) is 4.98 Å². The molecule has 2 N–H and O–H groups in total. The van der Waals surface area contributed by atoms with Crippen LogP contribution in [0, 0.1) is 11.8 Å². The molecule has 1 unspecified atom stereocenters. The molecule has 1 fully saturated rings. The van der Waals surface area contributed by atoms with Gasteiger partial charge in [0, 0.05) is 19.3 Å². The summed E-state index contributed by atoms with van der Waals surface area (Å²) in [5.41, 5.74) is 7.86. The second-order valence-electron chi connectivity index (χ2n) is 4.80. The van der Waals surface area contributed by atoms with E-state index in [0.717, 1.165) is 40.8 Å². The number of nitrogen functional groups attached to an aromatic ring is 1. The summed E-state index contributed by atoms with van der Waals surface area (Å²) in [5, 5.41) is 0. The standard InChI is InChI=1S/C12H18BrN3/c1-8(2)9-3-4-16(7-9)12-10(13)5-15-6-11(12)14/h5-6,8-9H,3-4,7,14H2,1-2H3. The number of halogens is 1. The largest absolute Gasteiger partial charge is 0.396 e. The molecular formula is C12H18BrN3. The molecule has 0 saturated carbocycles. The molecule has 2 heterocycles. The molecule has 0 aromatic carbocycles. The lowest BCUT2D eigenvalue weighted by atomic mass is 9.95. The van der Waals surface area contributed by atoms with Gasteiger partial charge in [-0.1, -0.05) is 13.8 Å². The summed E-state index contributed by atoms with van der Waals surface area (Å²) >= 11 is 3.53. The van der Waals surface area contributed by atoms with Gasteiger partial charge in [0.2, 0.25) is 0 Å². The molecule has 0 bridgehead atoms. The van der Waals surface area contributed by atoms with Crippen LogP contribution in [0.2, 0.25) is 0 Å². The van der Waals surface area contributed by atoms with Crippen molar-refractivity contribution in [2.45, 2.75) is 20.3 Å². The van der Waals surface area contributed by atoms with E-state index in [4.69, 9.17) is 5.73 Å². The fourth-order valence-electron chi connectivity index (χ4n) is 2.31. The number of hydrogen-bond acceptors (Lipinski definition) is 3. The van der Waals surface area contributed by atoms with Gasteiger partial charge in [0.1, 0.15) is 0 Å². The molecule has 1 aliphatic heterocycles. The minimum absolute atomic E-state index is 0.742. The number of anilines is 2. The Kier molecular flexibility index (Phi) is 3.38. The number of aromatic nitrogens is 1. The molecule has 0 radical (unpaired) electrons. The molecule has 2 rings (SSSR count). The summed E-state index contributed by atoms with van der Waals surface area (Å²) in [5.74, 6) is 1.52. The Bertz CT molecular complexity index is 358. The summed E-state index contributed by atoms with van der Waals surface area (Å²) in [7, 11) is 0. The molecule has 0 spiro atoms. The fourth-order valence-corrected chi connectivity index (χ4v) is 2.91. The third kappa shape index (κ3) is 2.17. The Morgan fingerprint density at radius 3 is 2.81 bits per heavy atom. The van der Waals surface area contributed by atoms with E-state index in [1.807, 2.05) is 6.20 Å². The summed E-state index contributed by atoms with van der Waals surface area (Å²) in [6.07, 6.45) is 4.79. The highest BCUT2D eigenvalue weighted by Crippen LogP contribution is 2.36. The van der Waals surface area contributed by atoms with Crippen LogP contribution in [0.25, 0.3) is 0 Å². The van der Waals surface area contributed by atoms with Crippen LogP contribution in [-0.4, -0.2) is 18.1 Å². The third-order valence-corrected chi connectivity index (χ3v) is 3.97. The second kappa shape index (κ2) is 4.62. The summed E-state index contributed by atoms with van der Waals surface area (Å²) < 4.78 is 0.997. The normalized spacial score (nSPS) is 20.8. The van der Waals surface area contributed by atoms with Gasteiger partial charge in [-0.25, -0.2) is 0 Å². The van der Waals surface area contributed by atoms with Gasteiger partial charge in [-0.3, -0.25) is 4.98 Å².